The van der Waals surface area contributed by atoms with Gasteiger partial charge in [-0.15, -0.1) is 5.10 Å². The van der Waals surface area contributed by atoms with Gasteiger partial charge in [0, 0.05) is 26.7 Å². The molecule has 114 valence electrons. The number of carbonyl (C=O) groups excluding carboxylic acids is 1. The molecular formula is C13H19N5O3. The van der Waals surface area contributed by atoms with Crippen molar-refractivity contribution in [1.29, 1.82) is 0 Å². The SMILES string of the molecule is CN(CC1CCC1)C(=O)N1CC(n2cc(C(=O)O)nn2)C1. The molecule has 0 unspecified atom stereocenters. The van der Waals surface area contributed by atoms with Crippen molar-refractivity contribution < 1.29 is 14.7 Å². The molecule has 0 spiro atoms. The van der Waals surface area contributed by atoms with Gasteiger partial charge in [0.1, 0.15) is 0 Å². The van der Waals surface area contributed by atoms with Crippen molar-refractivity contribution in [3.8, 4) is 0 Å². The van der Waals surface area contributed by atoms with Crippen LogP contribution >= 0.6 is 0 Å². The van der Waals surface area contributed by atoms with Crippen LogP contribution in [0.15, 0.2) is 6.20 Å². The maximum atomic E-state index is 12.2. The minimum Gasteiger partial charge on any atom is -0.476 e. The number of aromatic nitrogens is 3. The zero-order chi connectivity index (χ0) is 15.0. The van der Waals surface area contributed by atoms with Gasteiger partial charge in [0.2, 0.25) is 0 Å². The Kier molecular flexibility index (Phi) is 3.52. The molecule has 1 saturated carbocycles. The van der Waals surface area contributed by atoms with Crippen LogP contribution in [0.1, 0.15) is 35.8 Å². The van der Waals surface area contributed by atoms with E-state index in [0.29, 0.717) is 19.0 Å². The van der Waals surface area contributed by atoms with Gasteiger partial charge in [-0.1, -0.05) is 11.6 Å². The van der Waals surface area contributed by atoms with E-state index in [1.165, 1.54) is 30.1 Å². The highest BCUT2D eigenvalue weighted by Gasteiger charge is 2.35. The first-order valence-electron chi connectivity index (χ1n) is 7.19. The Morgan fingerprint density at radius 2 is 2.14 bits per heavy atom. The third-order valence-electron chi connectivity index (χ3n) is 4.32. The lowest BCUT2D eigenvalue weighted by Crippen LogP contribution is -2.55. The van der Waals surface area contributed by atoms with Crippen molar-refractivity contribution in [1.82, 2.24) is 24.8 Å². The molecule has 0 radical (unpaired) electrons. The van der Waals surface area contributed by atoms with Crippen molar-refractivity contribution >= 4 is 12.0 Å². The van der Waals surface area contributed by atoms with Crippen molar-refractivity contribution in [2.75, 3.05) is 26.7 Å². The quantitative estimate of drug-likeness (QED) is 0.881. The predicted molar refractivity (Wildman–Crippen MR) is 73.0 cm³/mol. The van der Waals surface area contributed by atoms with Gasteiger partial charge in [0.05, 0.1) is 12.2 Å². The molecule has 21 heavy (non-hydrogen) atoms. The lowest BCUT2D eigenvalue weighted by molar-refractivity contribution is 0.0689. The standard InChI is InChI=1S/C13H19N5O3/c1-16(5-9-3-2-4-9)13(21)17-6-10(7-17)18-8-11(12(19)20)14-15-18/h8-10H,2-7H2,1H3,(H,19,20). The summed E-state index contributed by atoms with van der Waals surface area (Å²) in [6.45, 7) is 1.93. The van der Waals surface area contributed by atoms with Gasteiger partial charge >= 0.3 is 12.0 Å². The second kappa shape index (κ2) is 5.34. The van der Waals surface area contributed by atoms with Crippen molar-refractivity contribution in [2.24, 2.45) is 5.92 Å². The average Bonchev–Trinajstić information content (AvgIpc) is 2.81. The Bertz CT molecular complexity index is 548. The smallest absolute Gasteiger partial charge is 0.358 e. The van der Waals surface area contributed by atoms with E-state index in [1.807, 2.05) is 7.05 Å². The first-order valence-corrected chi connectivity index (χ1v) is 7.19. The van der Waals surface area contributed by atoms with E-state index < -0.39 is 5.97 Å². The first-order chi connectivity index (χ1) is 10.0. The summed E-state index contributed by atoms with van der Waals surface area (Å²) in [4.78, 5) is 26.5. The number of carboxylic acid groups (broad SMARTS) is 1. The van der Waals surface area contributed by atoms with Crippen LogP contribution in [0.5, 0.6) is 0 Å². The Morgan fingerprint density at radius 3 is 2.67 bits per heavy atom. The van der Waals surface area contributed by atoms with Gasteiger partial charge in [0.15, 0.2) is 5.69 Å². The van der Waals surface area contributed by atoms with Crippen molar-refractivity contribution in [3.05, 3.63) is 11.9 Å². The molecule has 1 N–H and O–H groups in total. The zero-order valence-electron chi connectivity index (χ0n) is 12.0. The van der Waals surface area contributed by atoms with Crippen LogP contribution in [0.3, 0.4) is 0 Å². The number of urea groups is 1. The number of rotatable bonds is 4. The van der Waals surface area contributed by atoms with Crippen molar-refractivity contribution in [2.45, 2.75) is 25.3 Å². The maximum absolute atomic E-state index is 12.2. The molecule has 8 heteroatoms. The lowest BCUT2D eigenvalue weighted by Gasteiger charge is -2.41. The van der Waals surface area contributed by atoms with Crippen LogP contribution in [0.4, 0.5) is 4.79 Å². The number of carbonyl (C=O) groups is 2. The molecule has 8 nitrogen and oxygen atoms in total. The minimum absolute atomic E-state index is 0.0200. The number of amides is 2. The van der Waals surface area contributed by atoms with E-state index >= 15 is 0 Å². The monoisotopic (exact) mass is 293 g/mol. The summed E-state index contributed by atoms with van der Waals surface area (Å²) in [7, 11) is 1.84. The largest absolute Gasteiger partial charge is 0.476 e. The molecule has 2 fully saturated rings. The number of hydrogen-bond acceptors (Lipinski definition) is 4. The summed E-state index contributed by atoms with van der Waals surface area (Å²) in [6, 6.07) is 0.0587. The highest BCUT2D eigenvalue weighted by atomic mass is 16.4. The molecular weight excluding hydrogens is 274 g/mol. The molecule has 1 aliphatic heterocycles. The number of hydrogen-bond donors (Lipinski definition) is 1. The van der Waals surface area contributed by atoms with E-state index in [9.17, 15) is 9.59 Å². The van der Waals surface area contributed by atoms with Crippen LogP contribution in [0.25, 0.3) is 0 Å². The van der Waals surface area contributed by atoms with Crippen LogP contribution in [-0.2, 0) is 0 Å². The van der Waals surface area contributed by atoms with E-state index in [4.69, 9.17) is 5.11 Å². The number of aromatic carboxylic acids is 1. The second-order valence-electron chi connectivity index (χ2n) is 5.91. The minimum atomic E-state index is -1.09. The first kappa shape index (κ1) is 13.8. The summed E-state index contributed by atoms with van der Waals surface area (Å²) in [5.41, 5.74) is -0.0677. The molecule has 0 bridgehead atoms. The molecule has 1 saturated heterocycles. The van der Waals surface area contributed by atoms with Gasteiger partial charge in [-0.05, 0) is 18.8 Å². The summed E-state index contributed by atoms with van der Waals surface area (Å²) in [6.07, 6.45) is 5.12. The molecule has 2 aliphatic rings. The van der Waals surface area contributed by atoms with E-state index in [-0.39, 0.29) is 17.8 Å². The fourth-order valence-electron chi connectivity index (χ4n) is 2.71. The summed E-state index contributed by atoms with van der Waals surface area (Å²) in [5.74, 6) is -0.432. The summed E-state index contributed by atoms with van der Waals surface area (Å²) < 4.78 is 1.53. The Hall–Kier alpha value is -2.12. The Morgan fingerprint density at radius 1 is 1.43 bits per heavy atom. The van der Waals surface area contributed by atoms with Crippen molar-refractivity contribution in [3.63, 3.8) is 0 Å². The maximum Gasteiger partial charge on any atom is 0.358 e. The highest BCUT2D eigenvalue weighted by molar-refractivity contribution is 5.84. The molecule has 1 aromatic rings. The molecule has 3 rings (SSSR count). The topological polar surface area (TPSA) is 91.6 Å². The average molecular weight is 293 g/mol. The van der Waals surface area contributed by atoms with Crippen LogP contribution in [0.2, 0.25) is 0 Å². The van der Waals surface area contributed by atoms with Gasteiger partial charge in [-0.25, -0.2) is 14.3 Å². The molecule has 2 heterocycles. The predicted octanol–water partition coefficient (Wildman–Crippen LogP) is 0.685. The van der Waals surface area contributed by atoms with E-state index in [0.717, 1.165) is 6.54 Å². The zero-order valence-corrected chi connectivity index (χ0v) is 12.0. The number of carboxylic acids is 1. The lowest BCUT2D eigenvalue weighted by atomic mass is 9.85. The van der Waals surface area contributed by atoms with Crippen LogP contribution < -0.4 is 0 Å². The molecule has 1 aromatic heterocycles. The highest BCUT2D eigenvalue weighted by Crippen LogP contribution is 2.28. The molecule has 0 aromatic carbocycles. The third kappa shape index (κ3) is 2.70. The third-order valence-corrected chi connectivity index (χ3v) is 4.32. The molecule has 1 aliphatic carbocycles. The van der Waals surface area contributed by atoms with E-state index in [2.05, 4.69) is 10.3 Å². The molecule has 2 amide bonds. The van der Waals surface area contributed by atoms with E-state index in [1.54, 1.807) is 9.80 Å². The van der Waals surface area contributed by atoms with Crippen LogP contribution in [0, 0.1) is 5.92 Å². The normalized spacial score (nSPS) is 19.0. The fraction of sp³-hybridized carbons (Fsp3) is 0.692. The second-order valence-corrected chi connectivity index (χ2v) is 5.91. The number of likely N-dealkylation sites (tertiary alicyclic amines) is 1. The van der Waals surface area contributed by atoms with Crippen LogP contribution in [-0.4, -0.2) is 68.6 Å². The van der Waals surface area contributed by atoms with Gasteiger partial charge < -0.3 is 14.9 Å². The summed E-state index contributed by atoms with van der Waals surface area (Å²) >= 11 is 0. The van der Waals surface area contributed by atoms with Gasteiger partial charge in [-0.3, -0.25) is 0 Å². The van der Waals surface area contributed by atoms with Gasteiger partial charge in [0.25, 0.3) is 0 Å². The Balaban J connectivity index is 1.49. The number of nitrogens with zero attached hydrogens (tertiary/aromatic N) is 5. The fourth-order valence-corrected chi connectivity index (χ4v) is 2.71. The molecule has 0 atom stereocenters. The Labute approximate surface area is 122 Å². The van der Waals surface area contributed by atoms with Gasteiger partial charge in [-0.2, -0.15) is 0 Å². The summed E-state index contributed by atoms with van der Waals surface area (Å²) in [5, 5.41) is 16.2.